The van der Waals surface area contributed by atoms with Gasteiger partial charge in [0.2, 0.25) is 0 Å². The van der Waals surface area contributed by atoms with Crippen LogP contribution in [0.15, 0.2) is 22.7 Å². The first-order chi connectivity index (χ1) is 12.8. The minimum absolute atomic E-state index is 0.0426. The number of hydrogen-bond acceptors (Lipinski definition) is 5. The molecule has 7 nitrogen and oxygen atoms in total. The molecule has 2 amide bonds. The summed E-state index contributed by atoms with van der Waals surface area (Å²) in [5, 5.41) is 9.22. The average Bonchev–Trinajstić information content (AvgIpc) is 2.90. The van der Waals surface area contributed by atoms with Gasteiger partial charge in [0.1, 0.15) is 11.6 Å². The zero-order chi connectivity index (χ0) is 19.6. The van der Waals surface area contributed by atoms with Crippen LogP contribution in [0, 0.1) is 19.7 Å². The molecule has 1 aliphatic heterocycles. The lowest BCUT2D eigenvalue weighted by Gasteiger charge is -2.37. The minimum atomic E-state index is -0.421. The molecule has 0 aliphatic carbocycles. The zero-order valence-corrected chi connectivity index (χ0v) is 16.0. The second kappa shape index (κ2) is 7.96. The highest BCUT2D eigenvalue weighted by atomic mass is 19.1. The fourth-order valence-electron chi connectivity index (χ4n) is 3.31. The Morgan fingerprint density at radius 1 is 1.30 bits per heavy atom. The number of aromatic nitrogens is 1. The number of carbonyl (C=O) groups is 1. The maximum Gasteiger partial charge on any atom is 0.319 e. The number of hydrogen-bond donors (Lipinski definition) is 2. The van der Waals surface area contributed by atoms with Gasteiger partial charge < -0.3 is 24.8 Å². The van der Waals surface area contributed by atoms with E-state index < -0.39 is 6.03 Å². The molecule has 1 aromatic heterocycles. The van der Waals surface area contributed by atoms with E-state index in [0.29, 0.717) is 30.2 Å². The maximum absolute atomic E-state index is 14.6. The molecule has 0 bridgehead atoms. The van der Waals surface area contributed by atoms with Crippen LogP contribution < -0.4 is 15.5 Å². The topological polar surface area (TPSA) is 79.6 Å². The van der Waals surface area contributed by atoms with E-state index in [1.54, 1.807) is 19.1 Å². The number of morpholine rings is 1. The van der Waals surface area contributed by atoms with Gasteiger partial charge in [-0.2, -0.15) is 0 Å². The molecule has 0 saturated carbocycles. The summed E-state index contributed by atoms with van der Waals surface area (Å²) in [6.07, 6.45) is 0.0853. The van der Waals surface area contributed by atoms with E-state index in [1.807, 2.05) is 25.7 Å². The first-order valence-electron chi connectivity index (χ1n) is 9.00. The number of amides is 2. The van der Waals surface area contributed by atoms with Crippen LogP contribution in [-0.4, -0.2) is 36.5 Å². The van der Waals surface area contributed by atoms with Gasteiger partial charge in [-0.05, 0) is 45.9 Å². The van der Waals surface area contributed by atoms with Crippen molar-refractivity contribution in [1.29, 1.82) is 0 Å². The van der Waals surface area contributed by atoms with Gasteiger partial charge in [-0.1, -0.05) is 5.16 Å². The highest BCUT2D eigenvalue weighted by Gasteiger charge is 2.24. The molecule has 2 aromatic rings. The molecule has 27 heavy (non-hydrogen) atoms. The summed E-state index contributed by atoms with van der Waals surface area (Å²) in [4.78, 5) is 14.1. The van der Waals surface area contributed by atoms with E-state index >= 15 is 0 Å². The zero-order valence-electron chi connectivity index (χ0n) is 16.0. The van der Waals surface area contributed by atoms with Crippen LogP contribution in [0.4, 0.5) is 20.6 Å². The molecule has 2 atom stereocenters. The van der Waals surface area contributed by atoms with Gasteiger partial charge in [0.05, 0.1) is 23.6 Å². The van der Waals surface area contributed by atoms with Crippen LogP contribution >= 0.6 is 0 Å². The Kier molecular flexibility index (Phi) is 5.65. The molecule has 8 heteroatoms. The number of nitrogens with zero attached hydrogens (tertiary/aromatic N) is 2. The van der Waals surface area contributed by atoms with Crippen LogP contribution in [-0.2, 0) is 11.3 Å². The van der Waals surface area contributed by atoms with Gasteiger partial charge in [0.25, 0.3) is 0 Å². The Balaban J connectivity index is 1.61. The molecule has 1 fully saturated rings. The normalized spacial score (nSPS) is 19.8. The van der Waals surface area contributed by atoms with Crippen LogP contribution in [0.2, 0.25) is 0 Å². The van der Waals surface area contributed by atoms with Gasteiger partial charge in [-0.15, -0.1) is 0 Å². The van der Waals surface area contributed by atoms with Crippen LogP contribution in [0.5, 0.6) is 0 Å². The number of aryl methyl sites for hydroxylation is 2. The van der Waals surface area contributed by atoms with Gasteiger partial charge >= 0.3 is 6.03 Å². The number of rotatable bonds is 4. The van der Waals surface area contributed by atoms with Gasteiger partial charge in [0.15, 0.2) is 0 Å². The van der Waals surface area contributed by atoms with E-state index in [-0.39, 0.29) is 24.6 Å². The molecule has 1 saturated heterocycles. The number of nitrogens with one attached hydrogen (secondary N) is 2. The van der Waals surface area contributed by atoms with Crippen LogP contribution in [0.1, 0.15) is 30.9 Å². The third-order valence-corrected chi connectivity index (χ3v) is 4.57. The third-order valence-electron chi connectivity index (χ3n) is 4.57. The third kappa shape index (κ3) is 4.57. The second-order valence-corrected chi connectivity index (χ2v) is 6.94. The molecule has 146 valence electrons. The molecule has 0 radical (unpaired) electrons. The smallest absolute Gasteiger partial charge is 0.319 e. The lowest BCUT2D eigenvalue weighted by Crippen LogP contribution is -2.45. The van der Waals surface area contributed by atoms with Crippen molar-refractivity contribution in [3.63, 3.8) is 0 Å². The summed E-state index contributed by atoms with van der Waals surface area (Å²) < 4.78 is 25.3. The molecule has 2 N–H and O–H groups in total. The number of benzene rings is 1. The van der Waals surface area contributed by atoms with Crippen molar-refractivity contribution in [3.05, 3.63) is 41.0 Å². The van der Waals surface area contributed by atoms with E-state index in [1.165, 1.54) is 6.07 Å². The number of anilines is 2. The Hall–Kier alpha value is -2.61. The van der Waals surface area contributed by atoms with Crippen molar-refractivity contribution in [1.82, 2.24) is 10.5 Å². The first kappa shape index (κ1) is 19.2. The summed E-state index contributed by atoms with van der Waals surface area (Å²) in [5.74, 6) is 0.289. The lowest BCUT2D eigenvalue weighted by atomic mass is 10.2. The second-order valence-electron chi connectivity index (χ2n) is 6.94. The van der Waals surface area contributed by atoms with Crippen LogP contribution in [0.3, 0.4) is 0 Å². The van der Waals surface area contributed by atoms with Gasteiger partial charge in [-0.25, -0.2) is 9.18 Å². The minimum Gasteiger partial charge on any atom is -0.372 e. The van der Waals surface area contributed by atoms with Crippen molar-refractivity contribution < 1.29 is 18.4 Å². The quantitative estimate of drug-likeness (QED) is 0.855. The standard InChI is InChI=1S/C19H25FN4O3/c1-11-9-24(10-12(2)26-11)18-6-5-15(7-17(18)20)22-19(25)21-8-16-13(3)23-27-14(16)4/h5-7,11-12H,8-10H2,1-4H3,(H2,21,22,25)/t11-,12-/m1/s1. The molecular formula is C19H25FN4O3. The molecule has 0 unspecified atom stereocenters. The van der Waals surface area contributed by atoms with Crippen molar-refractivity contribution >= 4 is 17.4 Å². The number of urea groups is 1. The molecule has 3 rings (SSSR count). The molecule has 0 spiro atoms. The highest BCUT2D eigenvalue weighted by Crippen LogP contribution is 2.26. The lowest BCUT2D eigenvalue weighted by molar-refractivity contribution is -0.00539. The average molecular weight is 376 g/mol. The number of ether oxygens (including phenoxy) is 1. The van der Waals surface area contributed by atoms with Crippen LogP contribution in [0.25, 0.3) is 0 Å². The van der Waals surface area contributed by atoms with E-state index in [0.717, 1.165) is 11.3 Å². The largest absolute Gasteiger partial charge is 0.372 e. The van der Waals surface area contributed by atoms with Crippen molar-refractivity contribution in [2.24, 2.45) is 0 Å². The van der Waals surface area contributed by atoms with Gasteiger partial charge in [0, 0.05) is 30.9 Å². The number of halogens is 1. The van der Waals surface area contributed by atoms with E-state index in [9.17, 15) is 9.18 Å². The molecular weight excluding hydrogens is 351 g/mol. The summed E-state index contributed by atoms with van der Waals surface area (Å²) in [6.45, 7) is 9.10. The molecule has 1 aliphatic rings. The fraction of sp³-hybridized carbons (Fsp3) is 0.474. The van der Waals surface area contributed by atoms with E-state index in [4.69, 9.17) is 9.26 Å². The molecule has 1 aromatic carbocycles. The number of carbonyl (C=O) groups excluding carboxylic acids is 1. The predicted molar refractivity (Wildman–Crippen MR) is 100 cm³/mol. The Morgan fingerprint density at radius 3 is 2.59 bits per heavy atom. The van der Waals surface area contributed by atoms with Gasteiger partial charge in [-0.3, -0.25) is 0 Å². The highest BCUT2D eigenvalue weighted by molar-refractivity contribution is 5.89. The first-order valence-corrected chi connectivity index (χ1v) is 9.00. The predicted octanol–water partition coefficient (Wildman–Crippen LogP) is 3.37. The SMILES string of the molecule is Cc1noc(C)c1CNC(=O)Nc1ccc(N2C[C@@H](C)O[C@H](C)C2)c(F)c1. The van der Waals surface area contributed by atoms with Crippen molar-refractivity contribution in [3.8, 4) is 0 Å². The summed E-state index contributed by atoms with van der Waals surface area (Å²) in [6, 6.07) is 4.29. The summed E-state index contributed by atoms with van der Waals surface area (Å²) >= 11 is 0. The summed E-state index contributed by atoms with van der Waals surface area (Å²) in [7, 11) is 0. The Morgan fingerprint density at radius 2 is 2.00 bits per heavy atom. The fourth-order valence-corrected chi connectivity index (χ4v) is 3.31. The monoisotopic (exact) mass is 376 g/mol. The van der Waals surface area contributed by atoms with Crippen molar-refractivity contribution in [2.75, 3.05) is 23.3 Å². The van der Waals surface area contributed by atoms with E-state index in [2.05, 4.69) is 15.8 Å². The summed E-state index contributed by atoms with van der Waals surface area (Å²) in [5.41, 5.74) is 2.47. The Labute approximate surface area is 157 Å². The van der Waals surface area contributed by atoms with Crippen molar-refractivity contribution in [2.45, 2.75) is 46.4 Å². The molecule has 2 heterocycles. The Bertz CT molecular complexity index is 794. The maximum atomic E-state index is 14.6.